The summed E-state index contributed by atoms with van der Waals surface area (Å²) in [6, 6.07) is 9.66. The summed E-state index contributed by atoms with van der Waals surface area (Å²) in [5.41, 5.74) is 1.92. The van der Waals surface area contributed by atoms with Gasteiger partial charge in [0.05, 0.1) is 21.1 Å². The van der Waals surface area contributed by atoms with Crippen molar-refractivity contribution in [1.29, 1.82) is 0 Å². The molecule has 4 rings (SSSR count). The third-order valence-electron chi connectivity index (χ3n) is 5.51. The predicted octanol–water partition coefficient (Wildman–Crippen LogP) is 5.65. The molecule has 3 aromatic rings. The number of nitrogens with zero attached hydrogens (tertiary/aromatic N) is 3. The molecule has 1 aromatic heterocycles. The van der Waals surface area contributed by atoms with Crippen molar-refractivity contribution >= 4 is 40.1 Å². The highest BCUT2D eigenvalue weighted by Gasteiger charge is 2.30. The van der Waals surface area contributed by atoms with E-state index in [1.165, 1.54) is 6.07 Å². The summed E-state index contributed by atoms with van der Waals surface area (Å²) in [4.78, 5) is 19.9. The van der Waals surface area contributed by atoms with Gasteiger partial charge in [0, 0.05) is 19.5 Å². The lowest BCUT2D eigenvalue weighted by Gasteiger charge is -2.25. The fraction of sp³-hybridized carbons (Fsp3) is 0.364. The van der Waals surface area contributed by atoms with Gasteiger partial charge in [-0.25, -0.2) is 9.37 Å². The lowest BCUT2D eigenvalue weighted by molar-refractivity contribution is -0.133. The van der Waals surface area contributed by atoms with Crippen molar-refractivity contribution in [2.75, 3.05) is 13.1 Å². The maximum atomic E-state index is 14.3. The summed E-state index contributed by atoms with van der Waals surface area (Å²) < 4.78 is 16.2. The average molecular weight is 434 g/mol. The fourth-order valence-electron chi connectivity index (χ4n) is 4.04. The van der Waals surface area contributed by atoms with Crippen molar-refractivity contribution in [3.05, 3.63) is 63.6 Å². The van der Waals surface area contributed by atoms with E-state index in [1.807, 2.05) is 16.4 Å². The molecule has 152 valence electrons. The number of carbonyl (C=O) groups excluding carboxylic acids is 1. The summed E-state index contributed by atoms with van der Waals surface area (Å²) in [7, 11) is 0. The molecule has 1 atom stereocenters. The number of hydrogen-bond acceptors (Lipinski definition) is 2. The van der Waals surface area contributed by atoms with Crippen molar-refractivity contribution < 1.29 is 9.18 Å². The summed E-state index contributed by atoms with van der Waals surface area (Å²) in [6.07, 6.45) is 2.93. The Hall–Kier alpha value is -2.11. The number of benzene rings is 2. The molecule has 0 bridgehead atoms. The highest BCUT2D eigenvalue weighted by Crippen LogP contribution is 2.33. The van der Waals surface area contributed by atoms with Crippen LogP contribution in [0.2, 0.25) is 10.0 Å². The number of imidazole rings is 1. The molecule has 29 heavy (non-hydrogen) atoms. The Morgan fingerprint density at radius 3 is 2.55 bits per heavy atom. The zero-order valence-corrected chi connectivity index (χ0v) is 17.7. The summed E-state index contributed by atoms with van der Waals surface area (Å²) in [5.74, 6) is 0.411. The fourth-order valence-corrected chi connectivity index (χ4v) is 4.36. The normalized spacial score (nSPS) is 15.2. The largest absolute Gasteiger partial charge is 0.341 e. The van der Waals surface area contributed by atoms with Crippen LogP contribution in [-0.4, -0.2) is 33.4 Å². The lowest BCUT2D eigenvalue weighted by Crippen LogP contribution is -2.35. The number of aromatic nitrogens is 2. The summed E-state index contributed by atoms with van der Waals surface area (Å²) >= 11 is 12.5. The third kappa shape index (κ3) is 3.86. The van der Waals surface area contributed by atoms with Crippen molar-refractivity contribution in [2.24, 2.45) is 0 Å². The van der Waals surface area contributed by atoms with Crippen LogP contribution in [0.3, 0.4) is 0 Å². The zero-order chi connectivity index (χ0) is 20.5. The van der Waals surface area contributed by atoms with Gasteiger partial charge in [0.2, 0.25) is 5.91 Å². The Morgan fingerprint density at radius 1 is 1.17 bits per heavy atom. The van der Waals surface area contributed by atoms with Gasteiger partial charge >= 0.3 is 0 Å². The van der Waals surface area contributed by atoms with E-state index in [0.29, 0.717) is 33.4 Å². The van der Waals surface area contributed by atoms with E-state index in [1.54, 1.807) is 30.3 Å². The van der Waals surface area contributed by atoms with Crippen LogP contribution in [0, 0.1) is 5.82 Å². The highest BCUT2D eigenvalue weighted by atomic mass is 35.5. The monoisotopic (exact) mass is 433 g/mol. The van der Waals surface area contributed by atoms with Gasteiger partial charge in [0.1, 0.15) is 17.7 Å². The van der Waals surface area contributed by atoms with Crippen LogP contribution in [0.25, 0.3) is 11.0 Å². The molecule has 1 aliphatic heterocycles. The second-order valence-electron chi connectivity index (χ2n) is 7.38. The summed E-state index contributed by atoms with van der Waals surface area (Å²) in [6.45, 7) is 3.53. The lowest BCUT2D eigenvalue weighted by atomic mass is 10.1. The van der Waals surface area contributed by atoms with E-state index < -0.39 is 6.04 Å². The minimum absolute atomic E-state index is 0.0742. The van der Waals surface area contributed by atoms with Gasteiger partial charge in [-0.3, -0.25) is 4.79 Å². The number of fused-ring (bicyclic) bond motifs is 1. The van der Waals surface area contributed by atoms with E-state index in [9.17, 15) is 9.18 Å². The average Bonchev–Trinajstić information content (AvgIpc) is 3.34. The Balaban J connectivity index is 1.85. The molecule has 1 amide bonds. The minimum Gasteiger partial charge on any atom is -0.341 e. The van der Waals surface area contributed by atoms with E-state index in [2.05, 4.69) is 0 Å². The second-order valence-corrected chi connectivity index (χ2v) is 8.19. The molecule has 4 nitrogen and oxygen atoms in total. The molecule has 1 saturated heterocycles. The first-order chi connectivity index (χ1) is 14.0. The SMILES string of the molecule is CC[C@@H](C(=O)N1CCCC1)n1c(Cc2ccccc2F)nc2cc(Cl)c(Cl)cc21. The van der Waals surface area contributed by atoms with Gasteiger partial charge in [-0.15, -0.1) is 0 Å². The van der Waals surface area contributed by atoms with Gasteiger partial charge < -0.3 is 9.47 Å². The molecule has 0 N–H and O–H groups in total. The highest BCUT2D eigenvalue weighted by molar-refractivity contribution is 6.42. The van der Waals surface area contributed by atoms with E-state index in [0.717, 1.165) is 31.4 Å². The summed E-state index contributed by atoms with van der Waals surface area (Å²) in [5, 5.41) is 0.807. The molecule has 7 heteroatoms. The first-order valence-corrected chi connectivity index (χ1v) is 10.6. The minimum atomic E-state index is -0.419. The van der Waals surface area contributed by atoms with Crippen LogP contribution in [0.1, 0.15) is 43.6 Å². The van der Waals surface area contributed by atoms with Crippen molar-refractivity contribution in [3.63, 3.8) is 0 Å². The van der Waals surface area contributed by atoms with E-state index in [-0.39, 0.29) is 18.1 Å². The van der Waals surface area contributed by atoms with Crippen LogP contribution in [0.15, 0.2) is 36.4 Å². The molecule has 1 aliphatic rings. The van der Waals surface area contributed by atoms with Gasteiger partial charge in [0.15, 0.2) is 0 Å². The number of halogens is 3. The molecule has 1 fully saturated rings. The van der Waals surface area contributed by atoms with Gasteiger partial charge in [0.25, 0.3) is 0 Å². The molecular weight excluding hydrogens is 412 g/mol. The maximum absolute atomic E-state index is 14.3. The topological polar surface area (TPSA) is 38.1 Å². The van der Waals surface area contributed by atoms with Crippen LogP contribution in [0.4, 0.5) is 4.39 Å². The quantitative estimate of drug-likeness (QED) is 0.521. The standard InChI is InChI=1S/C22H22Cl2FN3O/c1-2-19(22(29)27-9-5-6-10-27)28-20-13-16(24)15(23)12-18(20)26-21(28)11-14-7-3-4-8-17(14)25/h3-4,7-8,12-13,19H,2,5-6,9-11H2,1H3/t19-/m0/s1. The zero-order valence-electron chi connectivity index (χ0n) is 16.2. The predicted molar refractivity (Wildman–Crippen MR) is 114 cm³/mol. The van der Waals surface area contributed by atoms with Crippen LogP contribution in [0.5, 0.6) is 0 Å². The van der Waals surface area contributed by atoms with Crippen LogP contribution >= 0.6 is 23.2 Å². The van der Waals surface area contributed by atoms with Gasteiger partial charge in [-0.1, -0.05) is 48.3 Å². The van der Waals surface area contributed by atoms with Crippen molar-refractivity contribution in [2.45, 2.75) is 38.6 Å². The number of amides is 1. The maximum Gasteiger partial charge on any atom is 0.245 e. The van der Waals surface area contributed by atoms with E-state index in [4.69, 9.17) is 28.2 Å². The first kappa shape index (κ1) is 20.2. The first-order valence-electron chi connectivity index (χ1n) is 9.87. The molecule has 0 saturated carbocycles. The molecular formula is C22H22Cl2FN3O. The third-order valence-corrected chi connectivity index (χ3v) is 6.23. The van der Waals surface area contributed by atoms with Crippen LogP contribution in [-0.2, 0) is 11.2 Å². The van der Waals surface area contributed by atoms with Gasteiger partial charge in [-0.05, 0) is 43.0 Å². The van der Waals surface area contributed by atoms with E-state index >= 15 is 0 Å². The Bertz CT molecular complexity index is 1060. The molecule has 0 radical (unpaired) electrons. The second kappa shape index (κ2) is 8.33. The number of likely N-dealkylation sites (tertiary alicyclic amines) is 1. The molecule has 0 aliphatic carbocycles. The molecule has 2 heterocycles. The van der Waals surface area contributed by atoms with Crippen molar-refractivity contribution in [3.8, 4) is 0 Å². The van der Waals surface area contributed by atoms with Gasteiger partial charge in [-0.2, -0.15) is 0 Å². The number of hydrogen-bond donors (Lipinski definition) is 0. The molecule has 0 spiro atoms. The molecule has 0 unspecified atom stereocenters. The van der Waals surface area contributed by atoms with Crippen molar-refractivity contribution in [1.82, 2.24) is 14.5 Å². The Kier molecular flexibility index (Phi) is 5.79. The van der Waals surface area contributed by atoms with Crippen LogP contribution < -0.4 is 0 Å². The Labute approximate surface area is 179 Å². The smallest absolute Gasteiger partial charge is 0.245 e. The Morgan fingerprint density at radius 2 is 1.86 bits per heavy atom. The number of rotatable bonds is 5. The number of carbonyl (C=O) groups is 1. The molecule has 2 aromatic carbocycles.